The van der Waals surface area contributed by atoms with E-state index in [0.29, 0.717) is 19.4 Å². The van der Waals surface area contributed by atoms with Gasteiger partial charge in [0, 0.05) is 24.8 Å². The molecule has 0 radical (unpaired) electrons. The number of halogens is 1. The molecule has 0 atom stereocenters. The van der Waals surface area contributed by atoms with Crippen molar-refractivity contribution in [3.05, 3.63) is 39.7 Å². The van der Waals surface area contributed by atoms with Crippen molar-refractivity contribution < 1.29 is 19.2 Å². The number of unbranched alkanes of at least 4 members (excludes halogenated alkanes) is 1. The molecule has 1 aromatic carbocycles. The molecule has 0 unspecified atom stereocenters. The number of nitro groups is 1. The number of hydrogen-bond acceptors (Lipinski definition) is 4. The number of carbonyl (C=O) groups excluding carboxylic acids is 1. The van der Waals surface area contributed by atoms with Crippen molar-refractivity contribution in [1.29, 1.82) is 0 Å². The van der Waals surface area contributed by atoms with Gasteiger partial charge in [-0.15, -0.1) is 0 Å². The van der Waals surface area contributed by atoms with E-state index in [1.807, 2.05) is 0 Å². The molecule has 0 aliphatic heterocycles. The second-order valence-corrected chi connectivity index (χ2v) is 3.61. The zero-order valence-corrected chi connectivity index (χ0v) is 9.56. The number of nitrogens with zero attached hydrogens (tertiary/aromatic N) is 1. The molecule has 0 heterocycles. The molecule has 0 saturated heterocycles. The maximum atomic E-state index is 13.2. The zero-order valence-electron chi connectivity index (χ0n) is 9.56. The zero-order chi connectivity index (χ0) is 13.5. The first-order chi connectivity index (χ1) is 8.56. The largest absolute Gasteiger partial charge is 0.396 e. The summed E-state index contributed by atoms with van der Waals surface area (Å²) in [4.78, 5) is 21.1. The Bertz CT molecular complexity index is 451. The lowest BCUT2D eigenvalue weighted by Gasteiger charge is -2.04. The van der Waals surface area contributed by atoms with Crippen molar-refractivity contribution in [2.45, 2.75) is 12.8 Å². The SMILES string of the molecule is O=C(NCCCCO)c1ccc([N+](=O)[O-])c(F)c1. The summed E-state index contributed by atoms with van der Waals surface area (Å²) in [6.45, 7) is 0.403. The molecule has 0 saturated carbocycles. The van der Waals surface area contributed by atoms with Crippen LogP contribution in [0.25, 0.3) is 0 Å². The lowest BCUT2D eigenvalue weighted by molar-refractivity contribution is -0.387. The third-order valence-electron chi connectivity index (χ3n) is 2.28. The fourth-order valence-electron chi connectivity index (χ4n) is 1.34. The summed E-state index contributed by atoms with van der Waals surface area (Å²) in [5.41, 5.74) is -0.631. The Morgan fingerprint density at radius 1 is 1.44 bits per heavy atom. The summed E-state index contributed by atoms with van der Waals surface area (Å²) in [6.07, 6.45) is 1.17. The number of aliphatic hydroxyl groups excluding tert-OH is 1. The highest BCUT2D eigenvalue weighted by atomic mass is 19.1. The van der Waals surface area contributed by atoms with E-state index in [2.05, 4.69) is 5.32 Å². The van der Waals surface area contributed by atoms with Crippen LogP contribution in [0.5, 0.6) is 0 Å². The summed E-state index contributed by atoms with van der Waals surface area (Å²) in [5.74, 6) is -1.54. The molecular formula is C11H13FN2O4. The van der Waals surface area contributed by atoms with Crippen molar-refractivity contribution in [3.63, 3.8) is 0 Å². The first-order valence-electron chi connectivity index (χ1n) is 5.39. The molecule has 18 heavy (non-hydrogen) atoms. The number of hydrogen-bond donors (Lipinski definition) is 2. The van der Waals surface area contributed by atoms with Crippen molar-refractivity contribution in [2.24, 2.45) is 0 Å². The van der Waals surface area contributed by atoms with Crippen LogP contribution in [-0.4, -0.2) is 29.1 Å². The number of carbonyl (C=O) groups is 1. The predicted molar refractivity (Wildman–Crippen MR) is 61.7 cm³/mol. The Morgan fingerprint density at radius 2 is 2.17 bits per heavy atom. The van der Waals surface area contributed by atoms with E-state index in [1.54, 1.807) is 0 Å². The van der Waals surface area contributed by atoms with Gasteiger partial charge in [-0.3, -0.25) is 14.9 Å². The molecule has 0 aromatic heterocycles. The summed E-state index contributed by atoms with van der Waals surface area (Å²) < 4.78 is 13.2. The Hall–Kier alpha value is -2.02. The second-order valence-electron chi connectivity index (χ2n) is 3.61. The van der Waals surface area contributed by atoms with Gasteiger partial charge in [-0.05, 0) is 25.0 Å². The van der Waals surface area contributed by atoms with E-state index in [9.17, 15) is 19.3 Å². The average Bonchev–Trinajstić information content (AvgIpc) is 2.33. The average molecular weight is 256 g/mol. The summed E-state index contributed by atoms with van der Waals surface area (Å²) in [6, 6.07) is 2.99. The van der Waals surface area contributed by atoms with E-state index < -0.39 is 22.3 Å². The van der Waals surface area contributed by atoms with Crippen molar-refractivity contribution >= 4 is 11.6 Å². The lowest BCUT2D eigenvalue weighted by Crippen LogP contribution is -2.24. The van der Waals surface area contributed by atoms with E-state index in [0.717, 1.165) is 12.1 Å². The van der Waals surface area contributed by atoms with Gasteiger partial charge in [-0.25, -0.2) is 0 Å². The maximum Gasteiger partial charge on any atom is 0.304 e. The molecule has 1 rings (SSSR count). The molecule has 1 aromatic rings. The Morgan fingerprint density at radius 3 is 2.72 bits per heavy atom. The first kappa shape index (κ1) is 14.0. The molecule has 0 bridgehead atoms. The van der Waals surface area contributed by atoms with Crippen molar-refractivity contribution in [3.8, 4) is 0 Å². The molecule has 0 aliphatic rings. The molecule has 0 fully saturated rings. The third-order valence-corrected chi connectivity index (χ3v) is 2.28. The molecule has 1 amide bonds. The number of aliphatic hydroxyl groups is 1. The van der Waals surface area contributed by atoms with Gasteiger partial charge in [-0.1, -0.05) is 0 Å². The molecule has 98 valence electrons. The smallest absolute Gasteiger partial charge is 0.304 e. The highest BCUT2D eigenvalue weighted by molar-refractivity contribution is 5.94. The van der Waals surface area contributed by atoms with Gasteiger partial charge in [0.1, 0.15) is 0 Å². The molecule has 6 nitrogen and oxygen atoms in total. The number of benzene rings is 1. The molecule has 7 heteroatoms. The third kappa shape index (κ3) is 3.77. The van der Waals surface area contributed by atoms with Gasteiger partial charge >= 0.3 is 5.69 Å². The number of rotatable bonds is 6. The fraction of sp³-hybridized carbons (Fsp3) is 0.364. The highest BCUT2D eigenvalue weighted by Crippen LogP contribution is 2.17. The summed E-state index contributed by atoms with van der Waals surface area (Å²) in [7, 11) is 0. The van der Waals surface area contributed by atoms with Crippen molar-refractivity contribution in [1.82, 2.24) is 5.32 Å². The normalized spacial score (nSPS) is 10.1. The van der Waals surface area contributed by atoms with E-state index in [4.69, 9.17) is 5.11 Å². The fourth-order valence-corrected chi connectivity index (χ4v) is 1.34. The monoisotopic (exact) mass is 256 g/mol. The Labute approximate surface area is 103 Å². The first-order valence-corrected chi connectivity index (χ1v) is 5.39. The van der Waals surface area contributed by atoms with Gasteiger partial charge in [0.15, 0.2) is 0 Å². The standard InChI is InChI=1S/C11H13FN2O4/c12-9-7-8(3-4-10(9)14(17)18)11(16)13-5-1-2-6-15/h3-4,7,15H,1-2,5-6H2,(H,13,16). The van der Waals surface area contributed by atoms with E-state index in [-0.39, 0.29) is 12.2 Å². The predicted octanol–water partition coefficient (Wildman–Crippen LogP) is 1.24. The minimum absolute atomic E-state index is 0.0297. The lowest BCUT2D eigenvalue weighted by atomic mass is 10.2. The van der Waals surface area contributed by atoms with Gasteiger partial charge in [0.25, 0.3) is 5.91 Å². The Balaban J connectivity index is 2.64. The number of nitrogens with one attached hydrogen (secondary N) is 1. The van der Waals surface area contributed by atoms with Crippen LogP contribution in [0.1, 0.15) is 23.2 Å². The van der Waals surface area contributed by atoms with E-state index >= 15 is 0 Å². The molecular weight excluding hydrogens is 243 g/mol. The molecule has 0 aliphatic carbocycles. The topological polar surface area (TPSA) is 92.5 Å². The summed E-state index contributed by atoms with van der Waals surface area (Å²) in [5, 5.41) is 21.5. The van der Waals surface area contributed by atoms with E-state index in [1.165, 1.54) is 6.07 Å². The van der Waals surface area contributed by atoms with Crippen LogP contribution >= 0.6 is 0 Å². The van der Waals surface area contributed by atoms with Gasteiger partial charge in [0.2, 0.25) is 5.82 Å². The van der Waals surface area contributed by atoms with Gasteiger partial charge in [-0.2, -0.15) is 4.39 Å². The quantitative estimate of drug-likeness (QED) is 0.455. The molecule has 2 N–H and O–H groups in total. The van der Waals surface area contributed by atoms with Crippen LogP contribution in [0.3, 0.4) is 0 Å². The second kappa shape index (κ2) is 6.65. The van der Waals surface area contributed by atoms with Crippen LogP contribution < -0.4 is 5.32 Å². The van der Waals surface area contributed by atoms with Crippen LogP contribution in [0.4, 0.5) is 10.1 Å². The number of amides is 1. The van der Waals surface area contributed by atoms with Crippen LogP contribution in [0.2, 0.25) is 0 Å². The molecule has 0 spiro atoms. The van der Waals surface area contributed by atoms with Gasteiger partial charge < -0.3 is 10.4 Å². The maximum absolute atomic E-state index is 13.2. The highest BCUT2D eigenvalue weighted by Gasteiger charge is 2.16. The van der Waals surface area contributed by atoms with Crippen LogP contribution in [-0.2, 0) is 0 Å². The Kier molecular flexibility index (Phi) is 5.19. The number of nitro benzene ring substituents is 1. The minimum atomic E-state index is -1.04. The van der Waals surface area contributed by atoms with Crippen LogP contribution in [0, 0.1) is 15.9 Å². The van der Waals surface area contributed by atoms with Crippen LogP contribution in [0.15, 0.2) is 18.2 Å². The van der Waals surface area contributed by atoms with Gasteiger partial charge in [0.05, 0.1) is 4.92 Å². The minimum Gasteiger partial charge on any atom is -0.396 e. The van der Waals surface area contributed by atoms with Crippen molar-refractivity contribution in [2.75, 3.05) is 13.2 Å². The summed E-state index contributed by atoms with van der Waals surface area (Å²) >= 11 is 0.